The summed E-state index contributed by atoms with van der Waals surface area (Å²) in [6, 6.07) is 10.9. The first kappa shape index (κ1) is 23.3. The molecule has 1 aromatic heterocycles. The van der Waals surface area contributed by atoms with E-state index >= 15 is 0 Å². The van der Waals surface area contributed by atoms with Crippen LogP contribution in [0.5, 0.6) is 5.75 Å². The molecule has 29 heavy (non-hydrogen) atoms. The van der Waals surface area contributed by atoms with E-state index in [1.54, 1.807) is 7.11 Å². The standard InChI is InChI=1S/C22H31N5O.HI/c1-5-23-22(25-14-20-17(3)21(28-4)16(2)13-24-20)26-18-11-12-27(15-18)19-9-7-6-8-10-19;/h6-10,13,18H,5,11-12,14-15H2,1-4H3,(H2,23,25,26);1H. The van der Waals surface area contributed by atoms with Crippen LogP contribution in [0.3, 0.4) is 0 Å². The van der Waals surface area contributed by atoms with E-state index in [1.807, 2.05) is 20.0 Å². The van der Waals surface area contributed by atoms with Crippen LogP contribution in [0.2, 0.25) is 0 Å². The fraction of sp³-hybridized carbons (Fsp3) is 0.455. The zero-order valence-electron chi connectivity index (χ0n) is 17.7. The van der Waals surface area contributed by atoms with Crippen LogP contribution in [0.4, 0.5) is 5.69 Å². The highest BCUT2D eigenvalue weighted by Crippen LogP contribution is 2.24. The largest absolute Gasteiger partial charge is 0.496 e. The number of nitrogens with one attached hydrogen (secondary N) is 2. The van der Waals surface area contributed by atoms with Crippen molar-refractivity contribution in [2.24, 2.45) is 4.99 Å². The molecule has 0 amide bonds. The number of hydrogen-bond acceptors (Lipinski definition) is 4. The maximum Gasteiger partial charge on any atom is 0.191 e. The lowest BCUT2D eigenvalue weighted by molar-refractivity contribution is 0.407. The average Bonchev–Trinajstić information content (AvgIpc) is 3.17. The quantitative estimate of drug-likeness (QED) is 0.354. The number of pyridine rings is 1. The third kappa shape index (κ3) is 5.98. The summed E-state index contributed by atoms with van der Waals surface area (Å²) in [5.41, 5.74) is 4.32. The predicted octanol–water partition coefficient (Wildman–Crippen LogP) is 3.66. The molecule has 0 saturated carbocycles. The van der Waals surface area contributed by atoms with Gasteiger partial charge in [0.15, 0.2) is 5.96 Å². The normalized spacial score (nSPS) is 16.3. The number of rotatable bonds is 6. The van der Waals surface area contributed by atoms with E-state index in [0.717, 1.165) is 54.6 Å². The van der Waals surface area contributed by atoms with Gasteiger partial charge in [0.25, 0.3) is 0 Å². The molecule has 0 aliphatic carbocycles. The monoisotopic (exact) mass is 509 g/mol. The summed E-state index contributed by atoms with van der Waals surface area (Å²) in [7, 11) is 1.70. The van der Waals surface area contributed by atoms with E-state index in [1.165, 1.54) is 5.69 Å². The Bertz CT molecular complexity index is 812. The molecule has 1 unspecified atom stereocenters. The van der Waals surface area contributed by atoms with Gasteiger partial charge in [-0.15, -0.1) is 24.0 Å². The molecule has 3 rings (SSSR count). The van der Waals surface area contributed by atoms with Crippen molar-refractivity contribution in [3.8, 4) is 5.75 Å². The summed E-state index contributed by atoms with van der Waals surface area (Å²) in [6.45, 7) is 9.51. The lowest BCUT2D eigenvalue weighted by atomic mass is 10.1. The van der Waals surface area contributed by atoms with Gasteiger partial charge in [-0.05, 0) is 39.3 Å². The molecule has 1 saturated heterocycles. The molecule has 0 radical (unpaired) electrons. The van der Waals surface area contributed by atoms with Crippen molar-refractivity contribution in [1.82, 2.24) is 15.6 Å². The summed E-state index contributed by atoms with van der Waals surface area (Å²) in [5.74, 6) is 1.73. The maximum absolute atomic E-state index is 5.51. The molecule has 1 fully saturated rings. The van der Waals surface area contributed by atoms with Gasteiger partial charge in [0.1, 0.15) is 5.75 Å². The number of aliphatic imine (C=N–C) groups is 1. The SMILES string of the molecule is CCNC(=NCc1ncc(C)c(OC)c1C)NC1CCN(c2ccccc2)C1.I. The zero-order valence-corrected chi connectivity index (χ0v) is 20.1. The molecule has 2 aromatic rings. The second-order valence-electron chi connectivity index (χ2n) is 7.15. The van der Waals surface area contributed by atoms with E-state index in [-0.39, 0.29) is 24.0 Å². The van der Waals surface area contributed by atoms with Gasteiger partial charge in [-0.25, -0.2) is 4.99 Å². The second-order valence-corrected chi connectivity index (χ2v) is 7.15. The Morgan fingerprint density at radius 2 is 2.03 bits per heavy atom. The number of para-hydroxylation sites is 1. The van der Waals surface area contributed by atoms with Gasteiger partial charge in [-0.3, -0.25) is 4.98 Å². The highest BCUT2D eigenvalue weighted by Gasteiger charge is 2.23. The molecule has 1 atom stereocenters. The van der Waals surface area contributed by atoms with E-state index in [2.05, 4.69) is 57.8 Å². The maximum atomic E-state index is 5.51. The molecule has 0 bridgehead atoms. The molecule has 2 heterocycles. The van der Waals surface area contributed by atoms with E-state index in [4.69, 9.17) is 9.73 Å². The summed E-state index contributed by atoms with van der Waals surface area (Å²) >= 11 is 0. The number of aromatic nitrogens is 1. The van der Waals surface area contributed by atoms with Crippen molar-refractivity contribution in [2.45, 2.75) is 39.8 Å². The minimum atomic E-state index is 0. The second kappa shape index (κ2) is 11.2. The average molecular weight is 509 g/mol. The fourth-order valence-electron chi connectivity index (χ4n) is 3.65. The van der Waals surface area contributed by atoms with Crippen molar-refractivity contribution < 1.29 is 4.74 Å². The first-order chi connectivity index (χ1) is 13.6. The van der Waals surface area contributed by atoms with Crippen LogP contribution < -0.4 is 20.3 Å². The number of anilines is 1. The molecule has 2 N–H and O–H groups in total. The smallest absolute Gasteiger partial charge is 0.191 e. The van der Waals surface area contributed by atoms with Crippen LogP contribution in [0.15, 0.2) is 41.5 Å². The summed E-state index contributed by atoms with van der Waals surface area (Å²) < 4.78 is 5.51. The minimum absolute atomic E-state index is 0. The molecule has 0 spiro atoms. The molecule has 1 aliphatic rings. The number of nitrogens with zero attached hydrogens (tertiary/aromatic N) is 3. The Kier molecular flexibility index (Phi) is 9.00. The van der Waals surface area contributed by atoms with Gasteiger partial charge in [0.2, 0.25) is 0 Å². The van der Waals surface area contributed by atoms with Crippen LogP contribution in [-0.4, -0.2) is 43.7 Å². The number of aryl methyl sites for hydroxylation is 1. The number of methoxy groups -OCH3 is 1. The zero-order chi connectivity index (χ0) is 19.9. The van der Waals surface area contributed by atoms with Gasteiger partial charge in [-0.2, -0.15) is 0 Å². The predicted molar refractivity (Wildman–Crippen MR) is 131 cm³/mol. The summed E-state index contributed by atoms with van der Waals surface area (Å²) in [5, 5.41) is 6.94. The Labute approximate surface area is 191 Å². The van der Waals surface area contributed by atoms with Crippen molar-refractivity contribution in [1.29, 1.82) is 0 Å². The van der Waals surface area contributed by atoms with Crippen LogP contribution in [0.1, 0.15) is 30.2 Å². The van der Waals surface area contributed by atoms with Crippen LogP contribution in [-0.2, 0) is 6.54 Å². The van der Waals surface area contributed by atoms with Crippen molar-refractivity contribution in [3.63, 3.8) is 0 Å². The molecule has 7 heteroatoms. The molecule has 6 nitrogen and oxygen atoms in total. The highest BCUT2D eigenvalue weighted by atomic mass is 127. The number of guanidine groups is 1. The number of halogens is 1. The van der Waals surface area contributed by atoms with Gasteiger partial charge >= 0.3 is 0 Å². The van der Waals surface area contributed by atoms with Crippen LogP contribution in [0.25, 0.3) is 0 Å². The Morgan fingerprint density at radius 3 is 2.72 bits per heavy atom. The first-order valence-corrected chi connectivity index (χ1v) is 9.96. The minimum Gasteiger partial charge on any atom is -0.496 e. The molecule has 158 valence electrons. The van der Waals surface area contributed by atoms with Crippen molar-refractivity contribution in [2.75, 3.05) is 31.6 Å². The van der Waals surface area contributed by atoms with E-state index in [0.29, 0.717) is 12.6 Å². The van der Waals surface area contributed by atoms with Crippen molar-refractivity contribution in [3.05, 3.63) is 53.3 Å². The van der Waals surface area contributed by atoms with Crippen LogP contribution in [0, 0.1) is 13.8 Å². The Hall–Kier alpha value is -2.03. The molecule has 1 aliphatic heterocycles. The fourth-order valence-corrected chi connectivity index (χ4v) is 3.65. The van der Waals surface area contributed by atoms with Crippen molar-refractivity contribution >= 4 is 35.6 Å². The number of hydrogen-bond donors (Lipinski definition) is 2. The molecular formula is C22H32IN5O. The number of benzene rings is 1. The van der Waals surface area contributed by atoms with Gasteiger partial charge in [0.05, 0.1) is 19.3 Å². The third-order valence-electron chi connectivity index (χ3n) is 5.13. The Morgan fingerprint density at radius 1 is 1.28 bits per heavy atom. The number of ether oxygens (including phenoxy) is 1. The van der Waals surface area contributed by atoms with Gasteiger partial charge in [0, 0.05) is 48.7 Å². The van der Waals surface area contributed by atoms with Gasteiger partial charge in [-0.1, -0.05) is 18.2 Å². The first-order valence-electron chi connectivity index (χ1n) is 9.96. The highest BCUT2D eigenvalue weighted by molar-refractivity contribution is 14.0. The van der Waals surface area contributed by atoms with E-state index in [9.17, 15) is 0 Å². The Balaban J connectivity index is 0.00000300. The topological polar surface area (TPSA) is 61.8 Å². The molecule has 1 aromatic carbocycles. The third-order valence-corrected chi connectivity index (χ3v) is 5.13. The molecular weight excluding hydrogens is 477 g/mol. The van der Waals surface area contributed by atoms with Gasteiger partial charge < -0.3 is 20.3 Å². The summed E-state index contributed by atoms with van der Waals surface area (Å²) in [4.78, 5) is 11.7. The van der Waals surface area contributed by atoms with E-state index < -0.39 is 0 Å². The summed E-state index contributed by atoms with van der Waals surface area (Å²) in [6.07, 6.45) is 2.95. The van der Waals surface area contributed by atoms with Crippen LogP contribution >= 0.6 is 24.0 Å². The lowest BCUT2D eigenvalue weighted by Gasteiger charge is -2.20. The lowest BCUT2D eigenvalue weighted by Crippen LogP contribution is -2.44.